The predicted octanol–water partition coefficient (Wildman–Crippen LogP) is 3.71. The molecule has 0 radical (unpaired) electrons. The van der Waals surface area contributed by atoms with Crippen molar-refractivity contribution in [1.82, 2.24) is 0 Å². The molecule has 0 saturated heterocycles. The van der Waals surface area contributed by atoms with E-state index in [0.717, 1.165) is 5.56 Å². The number of fused-ring (bicyclic) bond motifs is 2. The Kier molecular flexibility index (Phi) is 5.86. The Hall–Kier alpha value is -4.33. The summed E-state index contributed by atoms with van der Waals surface area (Å²) in [7, 11) is 0. The number of amides is 1. The third-order valence-corrected chi connectivity index (χ3v) is 5.55. The van der Waals surface area contributed by atoms with Crippen LogP contribution in [0.25, 0.3) is 0 Å². The third kappa shape index (κ3) is 4.56. The first-order valence-electron chi connectivity index (χ1n) is 10.8. The summed E-state index contributed by atoms with van der Waals surface area (Å²) < 4.78 is 21.7. The topological polar surface area (TPSA) is 100 Å². The maximum absolute atomic E-state index is 12.6. The normalized spacial score (nSPS) is 16.1. The molecule has 0 bridgehead atoms. The highest BCUT2D eigenvalue weighted by molar-refractivity contribution is 5.97. The minimum absolute atomic E-state index is 0.257. The highest BCUT2D eigenvalue weighted by atomic mass is 16.6. The first-order chi connectivity index (χ1) is 16.6. The quantitative estimate of drug-likeness (QED) is 0.581. The Morgan fingerprint density at radius 1 is 0.941 bits per heavy atom. The lowest BCUT2D eigenvalue weighted by Crippen LogP contribution is -2.23. The molecule has 2 aliphatic rings. The second-order valence-electron chi connectivity index (χ2n) is 7.86. The molecule has 2 aliphatic heterocycles. The van der Waals surface area contributed by atoms with Crippen LogP contribution in [0.3, 0.4) is 0 Å². The van der Waals surface area contributed by atoms with Crippen LogP contribution in [0.15, 0.2) is 66.7 Å². The third-order valence-electron chi connectivity index (χ3n) is 5.55. The van der Waals surface area contributed by atoms with Crippen molar-refractivity contribution in [2.45, 2.75) is 12.5 Å². The van der Waals surface area contributed by atoms with Gasteiger partial charge in [0.05, 0.1) is 11.1 Å². The number of hydrogen-bond acceptors (Lipinski definition) is 7. The van der Waals surface area contributed by atoms with Crippen LogP contribution >= 0.6 is 0 Å². The average molecular weight is 459 g/mol. The van der Waals surface area contributed by atoms with E-state index in [1.54, 1.807) is 30.3 Å². The molecule has 0 aliphatic carbocycles. The van der Waals surface area contributed by atoms with Crippen LogP contribution < -0.4 is 14.8 Å². The fourth-order valence-electron chi connectivity index (χ4n) is 3.91. The number of esters is 2. The Bertz CT molecular complexity index is 1260. The number of carbonyl (C=O) groups is 3. The summed E-state index contributed by atoms with van der Waals surface area (Å²) in [4.78, 5) is 37.2. The summed E-state index contributed by atoms with van der Waals surface area (Å²) in [5.74, 6) is -0.427. The van der Waals surface area contributed by atoms with Crippen molar-refractivity contribution in [1.29, 1.82) is 0 Å². The van der Waals surface area contributed by atoms with Gasteiger partial charge in [-0.15, -0.1) is 0 Å². The maximum Gasteiger partial charge on any atom is 0.339 e. The molecule has 1 N–H and O–H groups in total. The summed E-state index contributed by atoms with van der Waals surface area (Å²) >= 11 is 0. The smallest absolute Gasteiger partial charge is 0.339 e. The standard InChI is InChI=1S/C26H21NO7/c28-24(27-19-7-9-21-23(14-19)32-11-10-31-21)15-33-25(29)17-6-8-20-18(12-17)13-22(34-26(20)30)16-4-2-1-3-5-16/h1-9,12,14,22H,10-11,13,15H2,(H,27,28). The second-order valence-corrected chi connectivity index (χ2v) is 7.86. The van der Waals surface area contributed by atoms with E-state index in [-0.39, 0.29) is 5.56 Å². The van der Waals surface area contributed by atoms with E-state index in [0.29, 0.717) is 47.9 Å². The van der Waals surface area contributed by atoms with Crippen LogP contribution in [0.4, 0.5) is 5.69 Å². The number of benzene rings is 3. The van der Waals surface area contributed by atoms with Gasteiger partial charge in [-0.3, -0.25) is 4.79 Å². The molecule has 8 heteroatoms. The second kappa shape index (κ2) is 9.27. The number of rotatable bonds is 5. The van der Waals surface area contributed by atoms with Gasteiger partial charge in [-0.2, -0.15) is 0 Å². The van der Waals surface area contributed by atoms with Gasteiger partial charge < -0.3 is 24.3 Å². The Balaban J connectivity index is 1.22. The molecule has 3 aromatic carbocycles. The molecule has 0 saturated carbocycles. The van der Waals surface area contributed by atoms with E-state index in [2.05, 4.69) is 5.32 Å². The maximum atomic E-state index is 12.6. The number of ether oxygens (including phenoxy) is 4. The number of hydrogen-bond donors (Lipinski definition) is 1. The van der Waals surface area contributed by atoms with E-state index in [1.807, 2.05) is 30.3 Å². The van der Waals surface area contributed by atoms with Crippen molar-refractivity contribution in [3.8, 4) is 11.5 Å². The fraction of sp³-hybridized carbons (Fsp3) is 0.192. The van der Waals surface area contributed by atoms with Gasteiger partial charge in [0.1, 0.15) is 19.3 Å². The summed E-state index contributed by atoms with van der Waals surface area (Å²) in [6, 6.07) is 19.1. The van der Waals surface area contributed by atoms with Crippen LogP contribution in [0.5, 0.6) is 11.5 Å². The zero-order valence-corrected chi connectivity index (χ0v) is 18.1. The molecule has 3 aromatic rings. The molecular weight excluding hydrogens is 438 g/mol. The molecule has 1 amide bonds. The van der Waals surface area contributed by atoms with Gasteiger partial charge in [0, 0.05) is 18.2 Å². The van der Waals surface area contributed by atoms with Crippen molar-refractivity contribution < 1.29 is 33.3 Å². The zero-order chi connectivity index (χ0) is 23.5. The molecule has 1 unspecified atom stereocenters. The molecule has 0 spiro atoms. The molecule has 5 rings (SSSR count). The molecule has 172 valence electrons. The monoisotopic (exact) mass is 459 g/mol. The molecule has 1 atom stereocenters. The van der Waals surface area contributed by atoms with Crippen molar-refractivity contribution in [3.05, 3.63) is 89.0 Å². The van der Waals surface area contributed by atoms with Crippen molar-refractivity contribution in [2.75, 3.05) is 25.1 Å². The first-order valence-corrected chi connectivity index (χ1v) is 10.8. The SMILES string of the molecule is O=C(COC(=O)c1ccc2c(c1)CC(c1ccccc1)OC2=O)Nc1ccc2c(c1)OCCO2. The van der Waals surface area contributed by atoms with Gasteiger partial charge in [-0.25, -0.2) is 9.59 Å². The van der Waals surface area contributed by atoms with E-state index in [1.165, 1.54) is 6.07 Å². The van der Waals surface area contributed by atoms with Gasteiger partial charge in [0.2, 0.25) is 0 Å². The average Bonchev–Trinajstić information content (AvgIpc) is 2.87. The fourth-order valence-corrected chi connectivity index (χ4v) is 3.91. The number of carbonyl (C=O) groups excluding carboxylic acids is 3. The highest BCUT2D eigenvalue weighted by Crippen LogP contribution is 2.33. The van der Waals surface area contributed by atoms with E-state index in [4.69, 9.17) is 18.9 Å². The Morgan fingerprint density at radius 2 is 1.74 bits per heavy atom. The zero-order valence-electron chi connectivity index (χ0n) is 18.1. The van der Waals surface area contributed by atoms with Crippen LogP contribution in [0.2, 0.25) is 0 Å². The summed E-state index contributed by atoms with van der Waals surface area (Å²) in [6.45, 7) is 0.455. The van der Waals surface area contributed by atoms with Gasteiger partial charge in [0.25, 0.3) is 5.91 Å². The molecule has 34 heavy (non-hydrogen) atoms. The van der Waals surface area contributed by atoms with Crippen molar-refractivity contribution in [3.63, 3.8) is 0 Å². The van der Waals surface area contributed by atoms with Crippen LogP contribution in [-0.2, 0) is 20.7 Å². The lowest BCUT2D eigenvalue weighted by atomic mass is 9.93. The van der Waals surface area contributed by atoms with Crippen LogP contribution in [0, 0.1) is 0 Å². The molecule has 0 fully saturated rings. The summed E-state index contributed by atoms with van der Waals surface area (Å²) in [5, 5.41) is 2.67. The van der Waals surface area contributed by atoms with Gasteiger partial charge in [-0.1, -0.05) is 30.3 Å². The van der Waals surface area contributed by atoms with E-state index in [9.17, 15) is 14.4 Å². The predicted molar refractivity (Wildman–Crippen MR) is 121 cm³/mol. The van der Waals surface area contributed by atoms with E-state index < -0.39 is 30.6 Å². The van der Waals surface area contributed by atoms with Crippen molar-refractivity contribution >= 4 is 23.5 Å². The number of cyclic esters (lactones) is 1. The summed E-state index contributed by atoms with van der Waals surface area (Å²) in [5.41, 5.74) is 2.75. The van der Waals surface area contributed by atoms with Crippen LogP contribution in [-0.4, -0.2) is 37.7 Å². The van der Waals surface area contributed by atoms with Crippen LogP contribution in [0.1, 0.15) is 37.9 Å². The highest BCUT2D eigenvalue weighted by Gasteiger charge is 2.28. The lowest BCUT2D eigenvalue weighted by Gasteiger charge is -2.25. The molecule has 0 aromatic heterocycles. The number of nitrogens with one attached hydrogen (secondary N) is 1. The minimum Gasteiger partial charge on any atom is -0.486 e. The lowest BCUT2D eigenvalue weighted by molar-refractivity contribution is -0.119. The molecule has 8 nitrogen and oxygen atoms in total. The Labute approximate surface area is 195 Å². The molecular formula is C26H21NO7. The first kappa shape index (κ1) is 21.5. The van der Waals surface area contributed by atoms with E-state index >= 15 is 0 Å². The van der Waals surface area contributed by atoms with Crippen molar-refractivity contribution in [2.24, 2.45) is 0 Å². The number of anilines is 1. The van der Waals surface area contributed by atoms with Gasteiger partial charge in [0.15, 0.2) is 18.1 Å². The van der Waals surface area contributed by atoms with Gasteiger partial charge in [-0.05, 0) is 41.5 Å². The minimum atomic E-state index is -0.657. The summed E-state index contributed by atoms with van der Waals surface area (Å²) in [6.07, 6.45) is 0.0147. The molecule has 2 heterocycles. The largest absolute Gasteiger partial charge is 0.486 e. The Morgan fingerprint density at radius 3 is 2.56 bits per heavy atom. The van der Waals surface area contributed by atoms with Gasteiger partial charge >= 0.3 is 11.9 Å².